The van der Waals surface area contributed by atoms with Crippen LogP contribution < -0.4 is 10.5 Å². The fraction of sp³-hybridized carbons (Fsp3) is 0.308. The van der Waals surface area contributed by atoms with Crippen molar-refractivity contribution in [3.05, 3.63) is 80.9 Å². The van der Waals surface area contributed by atoms with Gasteiger partial charge in [0.2, 0.25) is 0 Å². The van der Waals surface area contributed by atoms with Gasteiger partial charge in [0.25, 0.3) is 11.5 Å². The highest BCUT2D eigenvalue weighted by Crippen LogP contribution is 2.35. The van der Waals surface area contributed by atoms with Crippen molar-refractivity contribution in [2.45, 2.75) is 45.2 Å². The fourth-order valence-corrected chi connectivity index (χ4v) is 5.92. The van der Waals surface area contributed by atoms with Gasteiger partial charge in [0.1, 0.15) is 21.6 Å². The standard InChI is InChI=1S/C26H25FN4O2S2/c1-2-19-7-3-5-13-29(19)23-20(24(32)30-14-6-4-8-22(30)28-23)15-21-25(33)31(26(34)35-21)16-17-9-11-18(27)12-10-17/h4,6,8-12,14-15,19H,2-3,5,7,13,16H2,1H3. The maximum Gasteiger partial charge on any atom is 0.267 e. The third-order valence-corrected chi connectivity index (χ3v) is 7.90. The largest absolute Gasteiger partial charge is 0.353 e. The van der Waals surface area contributed by atoms with Crippen LogP contribution in [0.25, 0.3) is 11.7 Å². The molecule has 35 heavy (non-hydrogen) atoms. The minimum Gasteiger partial charge on any atom is -0.353 e. The van der Waals surface area contributed by atoms with Crippen molar-refractivity contribution in [1.82, 2.24) is 14.3 Å². The number of halogens is 1. The molecule has 0 aliphatic carbocycles. The molecule has 1 amide bonds. The van der Waals surface area contributed by atoms with E-state index in [0.717, 1.165) is 37.8 Å². The van der Waals surface area contributed by atoms with Crippen LogP contribution in [-0.4, -0.2) is 37.1 Å². The molecule has 2 aromatic heterocycles. The number of amides is 1. The molecule has 2 aliphatic rings. The number of aromatic nitrogens is 2. The quantitative estimate of drug-likeness (QED) is 0.357. The molecule has 0 N–H and O–H groups in total. The lowest BCUT2D eigenvalue weighted by molar-refractivity contribution is -0.122. The fourth-order valence-electron chi connectivity index (χ4n) is 4.68. The SMILES string of the molecule is CCC1CCCCN1c1nc2ccccn2c(=O)c1C=C1SC(=S)N(Cc2ccc(F)cc2)C1=O. The first-order valence-electron chi connectivity index (χ1n) is 11.7. The van der Waals surface area contributed by atoms with Gasteiger partial charge in [-0.2, -0.15) is 0 Å². The highest BCUT2D eigenvalue weighted by molar-refractivity contribution is 8.26. The van der Waals surface area contributed by atoms with E-state index in [1.165, 1.54) is 33.2 Å². The molecule has 0 spiro atoms. The molecular formula is C26H25FN4O2S2. The van der Waals surface area contributed by atoms with Crippen molar-refractivity contribution < 1.29 is 9.18 Å². The molecule has 0 saturated carbocycles. The van der Waals surface area contributed by atoms with E-state index >= 15 is 0 Å². The maximum absolute atomic E-state index is 13.6. The Morgan fingerprint density at radius 1 is 1.17 bits per heavy atom. The summed E-state index contributed by atoms with van der Waals surface area (Å²) in [5.41, 5.74) is 1.54. The number of thioether (sulfide) groups is 1. The molecule has 6 nitrogen and oxygen atoms in total. The number of carbonyl (C=O) groups is 1. The lowest BCUT2D eigenvalue weighted by Gasteiger charge is -2.37. The average Bonchev–Trinajstić information content (AvgIpc) is 3.14. The molecule has 5 rings (SSSR count). The molecule has 3 aromatic rings. The number of nitrogens with zero attached hydrogens (tertiary/aromatic N) is 4. The minimum absolute atomic E-state index is 0.213. The first-order valence-corrected chi connectivity index (χ1v) is 13.0. The van der Waals surface area contributed by atoms with Crippen LogP contribution in [0.3, 0.4) is 0 Å². The van der Waals surface area contributed by atoms with Crippen LogP contribution in [0.1, 0.15) is 43.7 Å². The molecule has 2 saturated heterocycles. The minimum atomic E-state index is -0.334. The van der Waals surface area contributed by atoms with Gasteiger partial charge in [-0.1, -0.05) is 49.1 Å². The summed E-state index contributed by atoms with van der Waals surface area (Å²) in [6.07, 6.45) is 7.53. The van der Waals surface area contributed by atoms with E-state index < -0.39 is 0 Å². The van der Waals surface area contributed by atoms with Crippen LogP contribution in [0.5, 0.6) is 0 Å². The van der Waals surface area contributed by atoms with Crippen molar-refractivity contribution in [3.63, 3.8) is 0 Å². The van der Waals surface area contributed by atoms with Crippen molar-refractivity contribution >= 4 is 51.7 Å². The van der Waals surface area contributed by atoms with Gasteiger partial charge in [0, 0.05) is 18.8 Å². The highest BCUT2D eigenvalue weighted by atomic mass is 32.2. The lowest BCUT2D eigenvalue weighted by atomic mass is 9.99. The van der Waals surface area contributed by atoms with E-state index in [4.69, 9.17) is 17.2 Å². The number of piperidine rings is 1. The van der Waals surface area contributed by atoms with Gasteiger partial charge < -0.3 is 4.90 Å². The first kappa shape index (κ1) is 23.7. The molecule has 180 valence electrons. The number of benzene rings is 1. The topological polar surface area (TPSA) is 57.9 Å². The molecule has 0 radical (unpaired) electrons. The molecule has 0 bridgehead atoms. The maximum atomic E-state index is 13.6. The Morgan fingerprint density at radius 2 is 1.97 bits per heavy atom. The molecule has 1 atom stereocenters. The molecule has 4 heterocycles. The van der Waals surface area contributed by atoms with Gasteiger partial charge in [0.05, 0.1) is 17.0 Å². The van der Waals surface area contributed by atoms with Gasteiger partial charge in [-0.15, -0.1) is 0 Å². The molecule has 9 heteroatoms. The Hall–Kier alpha value is -3.04. The Kier molecular flexibility index (Phi) is 6.71. The molecule has 2 aliphatic heterocycles. The van der Waals surface area contributed by atoms with E-state index in [2.05, 4.69) is 11.8 Å². The normalized spacial score (nSPS) is 19.8. The van der Waals surface area contributed by atoms with E-state index in [9.17, 15) is 14.0 Å². The third kappa shape index (κ3) is 4.62. The predicted octanol–water partition coefficient (Wildman–Crippen LogP) is 5.00. The summed E-state index contributed by atoms with van der Waals surface area (Å²) in [7, 11) is 0. The van der Waals surface area contributed by atoms with Crippen LogP contribution >= 0.6 is 24.0 Å². The van der Waals surface area contributed by atoms with E-state index in [1.54, 1.807) is 30.5 Å². The molecule has 2 fully saturated rings. The first-order chi connectivity index (χ1) is 17.0. The average molecular weight is 509 g/mol. The smallest absolute Gasteiger partial charge is 0.267 e. The highest BCUT2D eigenvalue weighted by Gasteiger charge is 2.33. The summed E-state index contributed by atoms with van der Waals surface area (Å²) in [5, 5.41) is 0. The summed E-state index contributed by atoms with van der Waals surface area (Å²) in [4.78, 5) is 35.9. The number of thiocarbonyl (C=S) groups is 1. The van der Waals surface area contributed by atoms with Crippen molar-refractivity contribution in [1.29, 1.82) is 0 Å². The van der Waals surface area contributed by atoms with E-state index in [0.29, 0.717) is 32.3 Å². The Balaban J connectivity index is 1.57. The van der Waals surface area contributed by atoms with Gasteiger partial charge >= 0.3 is 0 Å². The number of rotatable bonds is 5. The number of hydrogen-bond donors (Lipinski definition) is 0. The van der Waals surface area contributed by atoms with Crippen LogP contribution in [0.4, 0.5) is 10.2 Å². The van der Waals surface area contributed by atoms with Gasteiger partial charge in [-0.25, -0.2) is 9.37 Å². The second-order valence-electron chi connectivity index (χ2n) is 8.73. The molecular weight excluding hydrogens is 483 g/mol. The second kappa shape index (κ2) is 9.91. The van der Waals surface area contributed by atoms with Gasteiger partial charge in [-0.05, 0) is 61.6 Å². The number of fused-ring (bicyclic) bond motifs is 1. The Bertz CT molecular complexity index is 1390. The lowest BCUT2D eigenvalue weighted by Crippen LogP contribution is -2.41. The number of pyridine rings is 1. The van der Waals surface area contributed by atoms with E-state index in [-0.39, 0.29) is 23.8 Å². The Labute approximate surface area is 212 Å². The zero-order chi connectivity index (χ0) is 24.5. The summed E-state index contributed by atoms with van der Waals surface area (Å²) in [6.45, 7) is 3.21. The summed E-state index contributed by atoms with van der Waals surface area (Å²) in [5.74, 6) is 0.0222. The van der Waals surface area contributed by atoms with Crippen molar-refractivity contribution in [2.24, 2.45) is 0 Å². The zero-order valence-corrected chi connectivity index (χ0v) is 20.9. The van der Waals surface area contributed by atoms with Crippen LogP contribution in [0, 0.1) is 5.82 Å². The second-order valence-corrected chi connectivity index (χ2v) is 10.4. The molecule has 1 aromatic carbocycles. The van der Waals surface area contributed by atoms with Crippen molar-refractivity contribution in [2.75, 3.05) is 11.4 Å². The molecule has 1 unspecified atom stereocenters. The number of carbonyl (C=O) groups excluding carboxylic acids is 1. The number of hydrogen-bond acceptors (Lipinski definition) is 6. The van der Waals surface area contributed by atoms with Crippen LogP contribution in [-0.2, 0) is 11.3 Å². The summed E-state index contributed by atoms with van der Waals surface area (Å²) < 4.78 is 15.2. The van der Waals surface area contributed by atoms with Crippen LogP contribution in [0.2, 0.25) is 0 Å². The van der Waals surface area contributed by atoms with Crippen LogP contribution in [0.15, 0.2) is 58.4 Å². The zero-order valence-electron chi connectivity index (χ0n) is 19.3. The predicted molar refractivity (Wildman–Crippen MR) is 142 cm³/mol. The number of anilines is 1. The van der Waals surface area contributed by atoms with Gasteiger partial charge in [0.15, 0.2) is 0 Å². The third-order valence-electron chi connectivity index (χ3n) is 6.52. The summed E-state index contributed by atoms with van der Waals surface area (Å²) in [6, 6.07) is 11.8. The van der Waals surface area contributed by atoms with Crippen molar-refractivity contribution in [3.8, 4) is 0 Å². The Morgan fingerprint density at radius 3 is 2.74 bits per heavy atom. The summed E-state index contributed by atoms with van der Waals surface area (Å²) >= 11 is 6.66. The monoisotopic (exact) mass is 508 g/mol. The van der Waals surface area contributed by atoms with Gasteiger partial charge in [-0.3, -0.25) is 18.9 Å². The van der Waals surface area contributed by atoms with E-state index in [1.807, 2.05) is 12.1 Å².